The van der Waals surface area contributed by atoms with Gasteiger partial charge in [0.05, 0.1) is 0 Å². The Morgan fingerprint density at radius 2 is 1.90 bits per heavy atom. The average molecular weight is 623 g/mol. The molecule has 40 heavy (non-hydrogen) atoms. The standard InChI is InChI=1S/C28H34AsF3N4O4/c1-16(2)40-28(39)35-7-5-18(6-8-35)19-11-22(24(13-23(19)30)36-10-9-34(4)17(3)15-36)29-26(38)21-14-33-25(37)12-20(21)27(31)32/h5,11-14,16-17,27,29H,6-10,15H2,1-4H3,(H,33,37)/t17-/m1/s1. The van der Waals surface area contributed by atoms with Crippen LogP contribution in [0.4, 0.5) is 23.7 Å². The first kappa shape index (κ1) is 29.9. The number of carbonyl (C=O) groups is 2. The van der Waals surface area contributed by atoms with Crippen molar-refractivity contribution in [3.8, 4) is 0 Å². The second-order valence-corrected chi connectivity index (χ2v) is 13.0. The van der Waals surface area contributed by atoms with E-state index in [4.69, 9.17) is 4.74 Å². The van der Waals surface area contributed by atoms with Gasteiger partial charge in [-0.2, -0.15) is 0 Å². The summed E-state index contributed by atoms with van der Waals surface area (Å²) in [4.78, 5) is 45.4. The SMILES string of the molecule is CC(C)OC(=O)N1CC=C(c2cc([AsH]C(=O)c3c[nH]c(=O)cc3C(F)F)c(N3CCN(C)[C@H](C)C3)cc2F)CC1. The van der Waals surface area contributed by atoms with Crippen LogP contribution in [0.1, 0.15) is 55.1 Å². The fourth-order valence-corrected chi connectivity index (χ4v) is 7.30. The maximum absolute atomic E-state index is 15.7. The molecule has 8 nitrogen and oxygen atoms in total. The van der Waals surface area contributed by atoms with Crippen molar-refractivity contribution >= 4 is 42.0 Å². The van der Waals surface area contributed by atoms with Gasteiger partial charge in [-0.3, -0.25) is 0 Å². The number of nitrogens with one attached hydrogen (secondary N) is 1. The van der Waals surface area contributed by atoms with Crippen LogP contribution in [0.2, 0.25) is 0 Å². The van der Waals surface area contributed by atoms with Crippen LogP contribution < -0.4 is 14.8 Å². The van der Waals surface area contributed by atoms with E-state index in [-0.39, 0.29) is 24.3 Å². The van der Waals surface area contributed by atoms with Gasteiger partial charge in [0, 0.05) is 0 Å². The van der Waals surface area contributed by atoms with Gasteiger partial charge >= 0.3 is 238 Å². The number of halogens is 3. The van der Waals surface area contributed by atoms with Gasteiger partial charge in [0.25, 0.3) is 0 Å². The molecular weight excluding hydrogens is 588 g/mol. The molecule has 216 valence electrons. The summed E-state index contributed by atoms with van der Waals surface area (Å²) in [5.41, 5.74) is 0.119. The summed E-state index contributed by atoms with van der Waals surface area (Å²) in [5.74, 6) is -0.439. The number of pyridine rings is 1. The van der Waals surface area contributed by atoms with Crippen LogP contribution in [-0.4, -0.2) is 93.1 Å². The van der Waals surface area contributed by atoms with Crippen molar-refractivity contribution in [1.29, 1.82) is 0 Å². The molecule has 1 unspecified atom stereocenters. The number of aromatic amines is 1. The quantitative estimate of drug-likeness (QED) is 0.478. The van der Waals surface area contributed by atoms with Crippen LogP contribution in [0.5, 0.6) is 0 Å². The van der Waals surface area contributed by atoms with Gasteiger partial charge in [-0.05, 0) is 0 Å². The van der Waals surface area contributed by atoms with Crippen molar-refractivity contribution in [2.45, 2.75) is 45.8 Å². The minimum absolute atomic E-state index is 0.197. The minimum atomic E-state index is -2.98. The molecule has 1 aromatic carbocycles. The van der Waals surface area contributed by atoms with Gasteiger partial charge in [-0.25, -0.2) is 0 Å². The fourth-order valence-electron chi connectivity index (χ4n) is 4.85. The molecule has 12 heteroatoms. The molecule has 2 aromatic rings. The number of likely N-dealkylation sites (N-methyl/N-ethyl adjacent to an activating group) is 1. The topological polar surface area (TPSA) is 85.9 Å². The van der Waals surface area contributed by atoms with E-state index in [0.29, 0.717) is 47.2 Å². The summed E-state index contributed by atoms with van der Waals surface area (Å²) >= 11 is -1.73. The van der Waals surface area contributed by atoms with Crippen LogP contribution in [0, 0.1) is 5.82 Å². The van der Waals surface area contributed by atoms with Gasteiger partial charge < -0.3 is 0 Å². The number of nitrogens with zero attached hydrogens (tertiary/aromatic N) is 3. The molecule has 4 rings (SSSR count). The summed E-state index contributed by atoms with van der Waals surface area (Å²) in [6.45, 7) is 8.22. The van der Waals surface area contributed by atoms with Crippen LogP contribution in [-0.2, 0) is 4.74 Å². The van der Waals surface area contributed by atoms with Crippen LogP contribution >= 0.6 is 0 Å². The zero-order valence-corrected chi connectivity index (χ0v) is 25.1. The molecule has 1 amide bonds. The van der Waals surface area contributed by atoms with Gasteiger partial charge in [-0.15, -0.1) is 0 Å². The van der Waals surface area contributed by atoms with E-state index >= 15 is 4.39 Å². The molecule has 2 aliphatic heterocycles. The first-order valence-electron chi connectivity index (χ1n) is 13.2. The Morgan fingerprint density at radius 3 is 2.52 bits per heavy atom. The van der Waals surface area contributed by atoms with Crippen molar-refractivity contribution in [3.63, 3.8) is 0 Å². The number of amides is 1. The van der Waals surface area contributed by atoms with E-state index in [9.17, 15) is 23.2 Å². The molecule has 0 aliphatic carbocycles. The van der Waals surface area contributed by atoms with Crippen molar-refractivity contribution < 1.29 is 27.5 Å². The molecule has 3 heterocycles. The monoisotopic (exact) mass is 622 g/mol. The van der Waals surface area contributed by atoms with Crippen molar-refractivity contribution in [2.24, 2.45) is 0 Å². The number of hydrogen-bond donors (Lipinski definition) is 1. The predicted molar refractivity (Wildman–Crippen MR) is 150 cm³/mol. The number of ether oxygens (including phenoxy) is 1. The second kappa shape index (κ2) is 12.6. The average Bonchev–Trinajstić information content (AvgIpc) is 2.90. The van der Waals surface area contributed by atoms with Crippen LogP contribution in [0.25, 0.3) is 5.57 Å². The van der Waals surface area contributed by atoms with E-state index in [1.165, 1.54) is 6.07 Å². The number of hydrogen-bond acceptors (Lipinski definition) is 6. The molecule has 0 spiro atoms. The van der Waals surface area contributed by atoms with Gasteiger partial charge in [0.15, 0.2) is 0 Å². The number of H-pyrrole nitrogens is 1. The molecule has 1 N–H and O–H groups in total. The number of alkyl halides is 2. The number of carbonyl (C=O) groups excluding carboxylic acids is 2. The predicted octanol–water partition coefficient (Wildman–Crippen LogP) is 3.13. The normalized spacial score (nSPS) is 18.6. The van der Waals surface area contributed by atoms with E-state index in [1.807, 2.05) is 11.9 Å². The molecule has 0 radical (unpaired) electrons. The third-order valence-corrected chi connectivity index (χ3v) is 9.67. The molecular formula is C28H34AsF3N4O4. The van der Waals surface area contributed by atoms with Gasteiger partial charge in [-0.1, -0.05) is 0 Å². The Morgan fingerprint density at radius 1 is 1.15 bits per heavy atom. The summed E-state index contributed by atoms with van der Waals surface area (Å²) < 4.78 is 48.4. The fraction of sp³-hybridized carbons (Fsp3) is 0.464. The maximum atomic E-state index is 15.7. The summed E-state index contributed by atoms with van der Waals surface area (Å²) in [5, 5.41) is 0. The Bertz CT molecular complexity index is 1360. The molecule has 2 atom stereocenters. The van der Waals surface area contributed by atoms with Crippen molar-refractivity contribution in [2.75, 3.05) is 44.7 Å². The van der Waals surface area contributed by atoms with E-state index in [0.717, 1.165) is 18.8 Å². The number of benzene rings is 1. The number of aromatic nitrogens is 1. The number of rotatable bonds is 7. The van der Waals surface area contributed by atoms with E-state index in [1.54, 1.807) is 30.9 Å². The molecule has 0 bridgehead atoms. The summed E-state index contributed by atoms with van der Waals surface area (Å²) in [7, 11) is 2.02. The summed E-state index contributed by atoms with van der Waals surface area (Å²) in [6, 6.07) is 4.07. The molecule has 2 aliphatic rings. The number of anilines is 1. The molecule has 1 saturated heterocycles. The second-order valence-electron chi connectivity index (χ2n) is 10.4. The Kier molecular flexibility index (Phi) is 9.46. The van der Waals surface area contributed by atoms with Crippen molar-refractivity contribution in [3.05, 3.63) is 63.3 Å². The summed E-state index contributed by atoms with van der Waals surface area (Å²) in [6.07, 6.45) is -0.433. The Hall–Kier alpha value is -3.04. The van der Waals surface area contributed by atoms with E-state index in [2.05, 4.69) is 16.8 Å². The van der Waals surface area contributed by atoms with Gasteiger partial charge in [0.2, 0.25) is 0 Å². The Labute approximate surface area is 237 Å². The molecule has 1 fully saturated rings. The zero-order valence-electron chi connectivity index (χ0n) is 23.0. The Balaban J connectivity index is 1.69. The molecule has 1 aromatic heterocycles. The van der Waals surface area contributed by atoms with Crippen LogP contribution in [0.3, 0.4) is 0 Å². The van der Waals surface area contributed by atoms with Gasteiger partial charge in [0.1, 0.15) is 0 Å². The van der Waals surface area contributed by atoms with E-state index < -0.39 is 49.8 Å². The van der Waals surface area contributed by atoms with Crippen molar-refractivity contribution in [1.82, 2.24) is 14.8 Å². The zero-order chi connectivity index (χ0) is 29.1. The third-order valence-electron chi connectivity index (χ3n) is 7.22. The first-order valence-corrected chi connectivity index (χ1v) is 15.3. The number of piperazine rings is 1. The first-order chi connectivity index (χ1) is 18.9. The van der Waals surface area contributed by atoms with Crippen LogP contribution in [0.15, 0.2) is 35.3 Å². The third kappa shape index (κ3) is 6.81. The molecule has 0 saturated carbocycles.